The van der Waals surface area contributed by atoms with Crippen molar-refractivity contribution in [2.75, 3.05) is 6.61 Å². The number of phosphoric ester groups is 1. The number of hydrogen-bond donors (Lipinski definition) is 9. The Morgan fingerprint density at radius 1 is 0.614 bits per heavy atom. The van der Waals surface area contributed by atoms with Crippen LogP contribution in [0, 0.1) is 0 Å². The molecule has 336 valence electrons. The smallest absolute Gasteiger partial charge is 0.393 e. The van der Waals surface area contributed by atoms with Crippen LogP contribution < -0.4 is 5.32 Å². The van der Waals surface area contributed by atoms with Gasteiger partial charge in [0, 0.05) is 0 Å². The highest BCUT2D eigenvalue weighted by Gasteiger charge is 2.51. The van der Waals surface area contributed by atoms with Crippen LogP contribution in [0.5, 0.6) is 0 Å². The van der Waals surface area contributed by atoms with E-state index >= 15 is 0 Å². The van der Waals surface area contributed by atoms with Crippen LogP contribution >= 0.6 is 7.82 Å². The summed E-state index contributed by atoms with van der Waals surface area (Å²) in [6.07, 6.45) is 21.3. The highest BCUT2D eigenvalue weighted by atomic mass is 31.2. The Bertz CT molecular complexity index is 1080. The summed E-state index contributed by atoms with van der Waals surface area (Å²) in [6.45, 7) is 3.70. The molecule has 9 N–H and O–H groups in total. The van der Waals surface area contributed by atoms with Gasteiger partial charge < -0.3 is 46.0 Å². The summed E-state index contributed by atoms with van der Waals surface area (Å²) in [7, 11) is -5.14. The van der Waals surface area contributed by atoms with Crippen LogP contribution in [0.1, 0.15) is 181 Å². The van der Waals surface area contributed by atoms with Gasteiger partial charge in [-0.2, -0.15) is 0 Å². The van der Waals surface area contributed by atoms with E-state index in [2.05, 4.69) is 31.3 Å². The normalized spacial score (nSPS) is 24.2. The van der Waals surface area contributed by atoms with Gasteiger partial charge in [-0.25, -0.2) is 4.57 Å². The van der Waals surface area contributed by atoms with Crippen molar-refractivity contribution < 1.29 is 59.0 Å². The molecule has 0 radical (unpaired) electrons. The van der Waals surface area contributed by atoms with Gasteiger partial charge in [-0.05, 0) is 44.9 Å². The second-order valence-corrected chi connectivity index (χ2v) is 17.5. The molecule has 0 aromatic heterocycles. The number of rotatable bonds is 36. The number of hydrogen-bond acceptors (Lipinski definition) is 11. The Hall–Kier alpha value is -1.22. The van der Waals surface area contributed by atoms with Crippen LogP contribution in [-0.4, -0.2) is 108 Å². The zero-order chi connectivity index (χ0) is 42.3. The maximum absolute atomic E-state index is 12.9. The molecule has 0 bridgehead atoms. The molecule has 1 aliphatic rings. The summed E-state index contributed by atoms with van der Waals surface area (Å²) in [6, 6.07) is -1.24. The van der Waals surface area contributed by atoms with Crippen LogP contribution in [0.15, 0.2) is 24.3 Å². The minimum absolute atomic E-state index is 0.265. The molecule has 0 saturated heterocycles. The summed E-state index contributed by atoms with van der Waals surface area (Å²) in [4.78, 5) is 23.4. The van der Waals surface area contributed by atoms with Gasteiger partial charge in [-0.15, -0.1) is 0 Å². The summed E-state index contributed by atoms with van der Waals surface area (Å²) in [5, 5.41) is 74.3. The van der Waals surface area contributed by atoms with Crippen molar-refractivity contribution >= 4 is 13.7 Å². The standard InChI is InChI=1S/C43H82NO12P/c1-3-5-7-9-11-13-15-16-17-18-19-21-23-25-27-29-31-36(46)35(33-55-57(53,54)56-43-41(51)39(49)38(48)40(50)42(43)52)44-37(47)32-34(45)30-28-26-24-22-20-14-12-10-8-6-4-2/h22,24,29,31,34-36,38-43,45-46,48-52H,3-21,23,25-28,30,32-33H2,1-2H3,(H,44,47)(H,53,54)/b24-22-,31-29+. The van der Waals surface area contributed by atoms with E-state index in [0.29, 0.717) is 19.3 Å². The minimum atomic E-state index is -5.14. The van der Waals surface area contributed by atoms with E-state index < -0.39 is 75.2 Å². The topological polar surface area (TPSA) is 226 Å². The monoisotopic (exact) mass is 836 g/mol. The number of aliphatic hydroxyl groups is 7. The molecular weight excluding hydrogens is 753 g/mol. The fourth-order valence-electron chi connectivity index (χ4n) is 7.06. The summed E-state index contributed by atoms with van der Waals surface area (Å²) >= 11 is 0. The molecular formula is C43H82NO12P. The Balaban J connectivity index is 2.60. The third-order valence-corrected chi connectivity index (χ3v) is 11.8. The summed E-state index contributed by atoms with van der Waals surface area (Å²) in [5.41, 5.74) is 0. The second-order valence-electron chi connectivity index (χ2n) is 16.1. The lowest BCUT2D eigenvalue weighted by Gasteiger charge is -2.41. The molecule has 1 rings (SSSR count). The van der Waals surface area contributed by atoms with Crippen LogP contribution in [0.2, 0.25) is 0 Å². The first-order valence-corrected chi connectivity index (χ1v) is 23.9. The highest BCUT2D eigenvalue weighted by molar-refractivity contribution is 7.47. The molecule has 8 unspecified atom stereocenters. The van der Waals surface area contributed by atoms with E-state index in [1.165, 1.54) is 109 Å². The van der Waals surface area contributed by atoms with E-state index in [1.807, 2.05) is 0 Å². The van der Waals surface area contributed by atoms with Gasteiger partial charge in [-0.3, -0.25) is 13.8 Å². The molecule has 0 aliphatic heterocycles. The maximum atomic E-state index is 12.9. The first-order chi connectivity index (χ1) is 27.3. The number of unbranched alkanes of at least 4 members (excludes halogenated alkanes) is 21. The largest absolute Gasteiger partial charge is 0.472 e. The number of carbonyl (C=O) groups excluding carboxylic acids is 1. The molecule has 0 heterocycles. The van der Waals surface area contributed by atoms with Crippen LogP contribution in [-0.2, 0) is 18.4 Å². The predicted molar refractivity (Wildman–Crippen MR) is 224 cm³/mol. The van der Waals surface area contributed by atoms with Gasteiger partial charge in [0.2, 0.25) is 5.91 Å². The lowest BCUT2D eigenvalue weighted by molar-refractivity contribution is -0.220. The molecule has 8 atom stereocenters. The van der Waals surface area contributed by atoms with E-state index in [1.54, 1.807) is 6.08 Å². The quantitative estimate of drug-likeness (QED) is 0.0180. The molecule has 14 heteroatoms. The van der Waals surface area contributed by atoms with Crippen molar-refractivity contribution in [3.63, 3.8) is 0 Å². The second kappa shape index (κ2) is 33.5. The van der Waals surface area contributed by atoms with Crippen molar-refractivity contribution in [1.29, 1.82) is 0 Å². The summed E-state index contributed by atoms with van der Waals surface area (Å²) in [5.74, 6) is -0.610. The molecule has 1 saturated carbocycles. The molecule has 0 aromatic carbocycles. The molecule has 0 aromatic rings. The van der Waals surface area contributed by atoms with E-state index in [4.69, 9.17) is 9.05 Å². The van der Waals surface area contributed by atoms with Crippen molar-refractivity contribution in [2.24, 2.45) is 0 Å². The van der Waals surface area contributed by atoms with E-state index in [9.17, 15) is 50.0 Å². The number of phosphoric acid groups is 1. The Kier molecular flexibility index (Phi) is 31.6. The van der Waals surface area contributed by atoms with Crippen molar-refractivity contribution in [2.45, 2.75) is 236 Å². The van der Waals surface area contributed by atoms with Gasteiger partial charge in [0.25, 0.3) is 0 Å². The SMILES string of the molecule is CCCCCCCC/C=C\CCCC(O)CC(=O)NC(COP(=O)(O)OC1C(O)C(O)C(O)C(O)C1O)C(O)/C=C/CCCCCCCCCCCCCCCC. The molecule has 1 aliphatic carbocycles. The van der Waals surface area contributed by atoms with E-state index in [0.717, 1.165) is 38.5 Å². The average Bonchev–Trinajstić information content (AvgIpc) is 3.18. The first-order valence-electron chi connectivity index (χ1n) is 22.4. The molecule has 1 amide bonds. The third-order valence-electron chi connectivity index (χ3n) is 10.8. The lowest BCUT2D eigenvalue weighted by Crippen LogP contribution is -2.64. The third kappa shape index (κ3) is 25.9. The van der Waals surface area contributed by atoms with Crippen molar-refractivity contribution in [3.8, 4) is 0 Å². The predicted octanol–water partition coefficient (Wildman–Crippen LogP) is 6.81. The van der Waals surface area contributed by atoms with Crippen LogP contribution in [0.3, 0.4) is 0 Å². The Morgan fingerprint density at radius 2 is 1.02 bits per heavy atom. The number of aliphatic hydroxyl groups excluding tert-OH is 7. The number of amides is 1. The maximum Gasteiger partial charge on any atom is 0.472 e. The molecule has 1 fully saturated rings. The number of nitrogens with one attached hydrogen (secondary N) is 1. The molecule has 0 spiro atoms. The molecule has 57 heavy (non-hydrogen) atoms. The van der Waals surface area contributed by atoms with Gasteiger partial charge in [0.1, 0.15) is 36.6 Å². The first kappa shape index (κ1) is 53.8. The zero-order valence-corrected chi connectivity index (χ0v) is 36.1. The van der Waals surface area contributed by atoms with Crippen molar-refractivity contribution in [1.82, 2.24) is 5.32 Å². The van der Waals surface area contributed by atoms with Gasteiger partial charge in [0.05, 0.1) is 31.3 Å². The fraction of sp³-hybridized carbons (Fsp3) is 0.884. The zero-order valence-electron chi connectivity index (χ0n) is 35.3. The summed E-state index contributed by atoms with van der Waals surface area (Å²) < 4.78 is 22.8. The van der Waals surface area contributed by atoms with Gasteiger partial charge in [0.15, 0.2) is 0 Å². The van der Waals surface area contributed by atoms with Crippen LogP contribution in [0.25, 0.3) is 0 Å². The minimum Gasteiger partial charge on any atom is -0.393 e. The Labute approximate surface area is 344 Å². The van der Waals surface area contributed by atoms with E-state index in [-0.39, 0.29) is 6.42 Å². The lowest BCUT2D eigenvalue weighted by atomic mass is 9.85. The number of allylic oxidation sites excluding steroid dienone is 3. The fourth-order valence-corrected chi connectivity index (χ4v) is 8.03. The Morgan fingerprint density at radius 3 is 1.49 bits per heavy atom. The average molecular weight is 836 g/mol. The highest BCUT2D eigenvalue weighted by Crippen LogP contribution is 2.47. The van der Waals surface area contributed by atoms with Gasteiger partial charge >= 0.3 is 7.82 Å². The van der Waals surface area contributed by atoms with Crippen molar-refractivity contribution in [3.05, 3.63) is 24.3 Å². The molecule has 13 nitrogen and oxygen atoms in total. The van der Waals surface area contributed by atoms with Crippen LogP contribution in [0.4, 0.5) is 0 Å². The van der Waals surface area contributed by atoms with Gasteiger partial charge in [-0.1, -0.05) is 154 Å². The number of carbonyl (C=O) groups is 1.